The molecule has 0 aliphatic carbocycles. The molecule has 0 radical (unpaired) electrons. The molecule has 2 heterocycles. The van der Waals surface area contributed by atoms with Gasteiger partial charge in [0.25, 0.3) is 0 Å². The van der Waals surface area contributed by atoms with Crippen LogP contribution in [-0.4, -0.2) is 77.3 Å². The van der Waals surface area contributed by atoms with Crippen LogP contribution >= 0.6 is 15.9 Å². The number of cyclic esters (lactones) is 1. The number of carbonyl (C=O) groups is 3. The van der Waals surface area contributed by atoms with Crippen molar-refractivity contribution in [2.75, 3.05) is 26.4 Å². The molecule has 0 spiro atoms. The zero-order valence-corrected chi connectivity index (χ0v) is 21.5. The highest BCUT2D eigenvalue weighted by molar-refractivity contribution is 9.11. The van der Waals surface area contributed by atoms with E-state index in [0.29, 0.717) is 6.42 Å². The van der Waals surface area contributed by atoms with Crippen LogP contribution in [0.4, 0.5) is 4.79 Å². The average molecular weight is 554 g/mol. The fraction of sp³-hybridized carbons (Fsp3) is 0.560. The largest absolute Gasteiger partial charge is 0.447 e. The number of amides is 2. The van der Waals surface area contributed by atoms with E-state index in [4.69, 9.17) is 19.3 Å². The molecule has 4 atom stereocenters. The van der Waals surface area contributed by atoms with Gasteiger partial charge in [0.15, 0.2) is 11.6 Å². The molecule has 2 aliphatic rings. The lowest BCUT2D eigenvalue weighted by Gasteiger charge is -2.39. The Hall–Kier alpha value is -2.11. The Kier molecular flexibility index (Phi) is 9.60. The van der Waals surface area contributed by atoms with Gasteiger partial charge in [-0.05, 0) is 46.3 Å². The Labute approximate surface area is 213 Å². The van der Waals surface area contributed by atoms with E-state index in [-0.39, 0.29) is 49.7 Å². The minimum absolute atomic E-state index is 0.0457. The van der Waals surface area contributed by atoms with Crippen molar-refractivity contribution in [2.45, 2.75) is 51.0 Å². The van der Waals surface area contributed by atoms with Crippen LogP contribution < -0.4 is 0 Å². The standard InChI is InChI=1S/C25H32BrNO8/c1-16(2)19-15-34-24(31)27(19)23(30)18(13-17-7-4-3-5-8-17)22-20(29)14-21(26)25(32,35-22)9-6-11-33-12-10-28/h3-5,7-8,14,16,18-19,22,28,32H,6,9-13,15H2,1-2H3/t18-,19+,22-,25+/m0/s1. The highest BCUT2D eigenvalue weighted by atomic mass is 79.9. The average Bonchev–Trinajstić information content (AvgIpc) is 3.22. The molecule has 0 bridgehead atoms. The third kappa shape index (κ3) is 6.56. The number of aliphatic hydroxyl groups excluding tert-OH is 1. The molecule has 2 aliphatic heterocycles. The van der Waals surface area contributed by atoms with E-state index in [1.165, 1.54) is 6.08 Å². The van der Waals surface area contributed by atoms with Gasteiger partial charge in [0, 0.05) is 13.0 Å². The zero-order valence-electron chi connectivity index (χ0n) is 19.9. The Morgan fingerprint density at radius 2 is 1.97 bits per heavy atom. The van der Waals surface area contributed by atoms with Gasteiger partial charge in [0.1, 0.15) is 12.7 Å². The first-order valence-electron chi connectivity index (χ1n) is 11.7. The first-order valence-corrected chi connectivity index (χ1v) is 12.5. The van der Waals surface area contributed by atoms with Crippen LogP contribution in [0.25, 0.3) is 0 Å². The molecule has 192 valence electrons. The second-order valence-electron chi connectivity index (χ2n) is 9.05. The number of hydrogen-bond acceptors (Lipinski definition) is 8. The van der Waals surface area contributed by atoms with Crippen LogP contribution in [0.2, 0.25) is 0 Å². The van der Waals surface area contributed by atoms with Gasteiger partial charge in [-0.2, -0.15) is 0 Å². The van der Waals surface area contributed by atoms with Crippen molar-refractivity contribution >= 4 is 33.7 Å². The number of ketones is 1. The summed E-state index contributed by atoms with van der Waals surface area (Å²) < 4.78 is 16.5. The normalized spacial score (nSPS) is 25.5. The summed E-state index contributed by atoms with van der Waals surface area (Å²) in [6, 6.07) is 8.67. The first kappa shape index (κ1) is 27.5. The van der Waals surface area contributed by atoms with E-state index in [1.807, 2.05) is 44.2 Å². The van der Waals surface area contributed by atoms with Gasteiger partial charge in [0.05, 0.1) is 29.7 Å². The van der Waals surface area contributed by atoms with Gasteiger partial charge in [-0.1, -0.05) is 44.2 Å². The smallest absolute Gasteiger partial charge is 0.416 e. The summed E-state index contributed by atoms with van der Waals surface area (Å²) in [5.41, 5.74) is 0.783. The Morgan fingerprint density at radius 3 is 2.63 bits per heavy atom. The van der Waals surface area contributed by atoms with Gasteiger partial charge < -0.3 is 24.4 Å². The number of benzene rings is 1. The number of hydrogen-bond donors (Lipinski definition) is 2. The van der Waals surface area contributed by atoms with Crippen LogP contribution in [0.1, 0.15) is 32.3 Å². The maximum atomic E-state index is 13.8. The SMILES string of the molecule is CC(C)[C@H]1COC(=O)N1C(=O)[C@@H](Cc1ccccc1)[C@@H]1O[C@](O)(CCCOCCO)C(Br)=CC1=O. The molecule has 0 unspecified atom stereocenters. The molecular weight excluding hydrogens is 522 g/mol. The van der Waals surface area contributed by atoms with Crippen LogP contribution in [0.5, 0.6) is 0 Å². The van der Waals surface area contributed by atoms with Crippen molar-refractivity contribution in [1.29, 1.82) is 0 Å². The van der Waals surface area contributed by atoms with Crippen LogP contribution in [0.15, 0.2) is 40.9 Å². The third-order valence-corrected chi connectivity index (χ3v) is 7.03. The van der Waals surface area contributed by atoms with Gasteiger partial charge in [0.2, 0.25) is 5.91 Å². The molecule has 0 saturated carbocycles. The molecule has 35 heavy (non-hydrogen) atoms. The number of rotatable bonds is 11. The lowest BCUT2D eigenvalue weighted by Crippen LogP contribution is -2.54. The summed E-state index contributed by atoms with van der Waals surface area (Å²) >= 11 is 3.23. The fourth-order valence-electron chi connectivity index (χ4n) is 4.23. The monoisotopic (exact) mass is 553 g/mol. The lowest BCUT2D eigenvalue weighted by atomic mass is 9.87. The number of halogens is 1. The van der Waals surface area contributed by atoms with Crippen molar-refractivity contribution in [3.63, 3.8) is 0 Å². The van der Waals surface area contributed by atoms with E-state index < -0.39 is 41.6 Å². The van der Waals surface area contributed by atoms with E-state index in [2.05, 4.69) is 15.9 Å². The quantitative estimate of drug-likeness (QED) is 0.401. The van der Waals surface area contributed by atoms with Crippen molar-refractivity contribution in [1.82, 2.24) is 4.90 Å². The van der Waals surface area contributed by atoms with E-state index in [9.17, 15) is 19.5 Å². The number of imide groups is 1. The first-order chi connectivity index (χ1) is 16.7. The van der Waals surface area contributed by atoms with Gasteiger partial charge in [-0.3, -0.25) is 9.59 Å². The van der Waals surface area contributed by atoms with Crippen molar-refractivity contribution in [3.05, 3.63) is 46.5 Å². The maximum absolute atomic E-state index is 13.8. The molecule has 1 saturated heterocycles. The van der Waals surface area contributed by atoms with Crippen LogP contribution in [0.3, 0.4) is 0 Å². The highest BCUT2D eigenvalue weighted by Gasteiger charge is 2.50. The summed E-state index contributed by atoms with van der Waals surface area (Å²) in [4.78, 5) is 40.5. The van der Waals surface area contributed by atoms with E-state index in [0.717, 1.165) is 10.5 Å². The molecule has 3 rings (SSSR count). The van der Waals surface area contributed by atoms with Gasteiger partial charge in [-0.15, -0.1) is 0 Å². The predicted octanol–water partition coefficient (Wildman–Crippen LogP) is 2.57. The van der Waals surface area contributed by atoms with Crippen LogP contribution in [0, 0.1) is 11.8 Å². The minimum Gasteiger partial charge on any atom is -0.447 e. The number of ether oxygens (including phenoxy) is 3. The van der Waals surface area contributed by atoms with Gasteiger partial charge in [-0.25, -0.2) is 9.69 Å². The fourth-order valence-corrected chi connectivity index (χ4v) is 4.75. The Balaban J connectivity index is 1.89. The molecule has 10 heteroatoms. The topological polar surface area (TPSA) is 123 Å². The predicted molar refractivity (Wildman–Crippen MR) is 129 cm³/mol. The van der Waals surface area contributed by atoms with Gasteiger partial charge >= 0.3 is 6.09 Å². The van der Waals surface area contributed by atoms with E-state index in [1.54, 1.807) is 0 Å². The van der Waals surface area contributed by atoms with Crippen molar-refractivity contribution < 1.29 is 38.8 Å². The molecule has 1 aromatic rings. The van der Waals surface area contributed by atoms with Crippen molar-refractivity contribution in [2.24, 2.45) is 11.8 Å². The summed E-state index contributed by atoms with van der Waals surface area (Å²) in [7, 11) is 0. The lowest BCUT2D eigenvalue weighted by molar-refractivity contribution is -0.218. The molecule has 9 nitrogen and oxygen atoms in total. The molecule has 1 aromatic carbocycles. The Bertz CT molecular complexity index is 937. The molecule has 0 aromatic heterocycles. The zero-order chi connectivity index (χ0) is 25.6. The number of aliphatic hydroxyl groups is 2. The third-order valence-electron chi connectivity index (χ3n) is 6.18. The second kappa shape index (κ2) is 12.2. The maximum Gasteiger partial charge on any atom is 0.416 e. The molecule has 1 fully saturated rings. The minimum atomic E-state index is -1.85. The summed E-state index contributed by atoms with van der Waals surface area (Å²) in [6.45, 7) is 4.20. The van der Waals surface area contributed by atoms with Crippen molar-refractivity contribution in [3.8, 4) is 0 Å². The van der Waals surface area contributed by atoms with E-state index >= 15 is 0 Å². The second-order valence-corrected chi connectivity index (χ2v) is 9.90. The molecule has 2 amide bonds. The number of carbonyl (C=O) groups excluding carboxylic acids is 3. The summed E-state index contributed by atoms with van der Waals surface area (Å²) in [5, 5.41) is 20.1. The number of nitrogens with zero attached hydrogens (tertiary/aromatic N) is 1. The summed E-state index contributed by atoms with van der Waals surface area (Å²) in [5.74, 6) is -4.02. The Morgan fingerprint density at radius 1 is 1.26 bits per heavy atom. The highest BCUT2D eigenvalue weighted by Crippen LogP contribution is 2.38. The molecular formula is C25H32BrNO8. The summed E-state index contributed by atoms with van der Waals surface area (Å²) in [6.07, 6.45) is -0.226. The molecule has 2 N–H and O–H groups in total. The van der Waals surface area contributed by atoms with Crippen LogP contribution in [-0.2, 0) is 30.2 Å².